The lowest BCUT2D eigenvalue weighted by molar-refractivity contribution is 0.281. The van der Waals surface area contributed by atoms with Gasteiger partial charge in [-0.1, -0.05) is 45.6 Å². The molecule has 0 aliphatic heterocycles. The molecule has 2 N–H and O–H groups in total. The van der Waals surface area contributed by atoms with Crippen LogP contribution in [0.5, 0.6) is 5.75 Å². The van der Waals surface area contributed by atoms with Crippen LogP contribution in [0, 0.1) is 11.7 Å². The van der Waals surface area contributed by atoms with Crippen LogP contribution in [-0.4, -0.2) is 17.4 Å². The van der Waals surface area contributed by atoms with Gasteiger partial charge < -0.3 is 14.7 Å². The molecule has 0 fully saturated rings. The monoisotopic (exact) mass is 282 g/mol. The molecule has 0 saturated carbocycles. The maximum atomic E-state index is 13.7. The molecule has 3 nitrogen and oxygen atoms in total. The molecule has 1 aromatic rings. The van der Waals surface area contributed by atoms with Gasteiger partial charge in [-0.2, -0.15) is 0 Å². The van der Waals surface area contributed by atoms with Crippen molar-refractivity contribution in [2.24, 2.45) is 5.92 Å². The summed E-state index contributed by atoms with van der Waals surface area (Å²) in [5.41, 5.74) is 0.914. The Morgan fingerprint density at radius 2 is 2.00 bits per heavy atom. The van der Waals surface area contributed by atoms with E-state index in [0.717, 1.165) is 24.8 Å². The quantitative estimate of drug-likeness (QED) is 0.683. The van der Waals surface area contributed by atoms with Crippen molar-refractivity contribution in [1.82, 2.24) is 0 Å². The molecule has 0 bridgehead atoms. The number of halogens is 1. The van der Waals surface area contributed by atoms with Crippen molar-refractivity contribution in [3.8, 4) is 5.75 Å². The number of hydrogen-bond acceptors (Lipinski definition) is 3. The fourth-order valence-corrected chi connectivity index (χ4v) is 2.33. The maximum Gasteiger partial charge on any atom is 0.707 e. The van der Waals surface area contributed by atoms with E-state index in [0.29, 0.717) is 5.92 Å². The molecule has 0 aliphatic rings. The number of aryl methyl sites for hydroxylation is 1. The Morgan fingerprint density at radius 1 is 1.25 bits per heavy atom. The second kappa shape index (κ2) is 8.98. The minimum Gasteiger partial charge on any atom is -0.510 e. The van der Waals surface area contributed by atoms with Gasteiger partial charge in [-0.25, -0.2) is 4.39 Å². The van der Waals surface area contributed by atoms with Gasteiger partial charge in [0.05, 0.1) is 0 Å². The zero-order valence-electron chi connectivity index (χ0n) is 12.3. The van der Waals surface area contributed by atoms with E-state index in [9.17, 15) is 4.39 Å². The Kier molecular flexibility index (Phi) is 7.63. The Morgan fingerprint density at radius 3 is 2.55 bits per heavy atom. The Labute approximate surface area is 121 Å². The van der Waals surface area contributed by atoms with Gasteiger partial charge in [0.2, 0.25) is 0 Å². The molecule has 1 aromatic carbocycles. The molecule has 0 heterocycles. The van der Waals surface area contributed by atoms with Crippen LogP contribution in [-0.2, 0) is 6.42 Å². The predicted molar refractivity (Wildman–Crippen MR) is 78.8 cm³/mol. The maximum absolute atomic E-state index is 13.7. The highest BCUT2D eigenvalue weighted by molar-refractivity contribution is 6.33. The average molecular weight is 282 g/mol. The van der Waals surface area contributed by atoms with Crippen molar-refractivity contribution >= 4 is 7.32 Å². The van der Waals surface area contributed by atoms with Crippen molar-refractivity contribution in [1.29, 1.82) is 0 Å². The first-order valence-electron chi connectivity index (χ1n) is 7.38. The van der Waals surface area contributed by atoms with E-state index >= 15 is 0 Å². The molecule has 0 aromatic heterocycles. The van der Waals surface area contributed by atoms with Gasteiger partial charge >= 0.3 is 7.32 Å². The van der Waals surface area contributed by atoms with Crippen molar-refractivity contribution in [2.45, 2.75) is 52.4 Å². The van der Waals surface area contributed by atoms with E-state index in [2.05, 4.69) is 18.5 Å². The Hall–Kier alpha value is -1.07. The third-order valence-corrected chi connectivity index (χ3v) is 3.61. The van der Waals surface area contributed by atoms with Gasteiger partial charge in [-0.05, 0) is 36.5 Å². The molecular formula is C15H24BFO3. The molecule has 0 saturated heterocycles. The highest BCUT2D eigenvalue weighted by Gasteiger charge is 2.15. The first-order valence-corrected chi connectivity index (χ1v) is 7.38. The third kappa shape index (κ3) is 5.93. The fourth-order valence-electron chi connectivity index (χ4n) is 2.33. The number of benzene rings is 1. The van der Waals surface area contributed by atoms with Crippen molar-refractivity contribution in [3.63, 3.8) is 0 Å². The summed E-state index contributed by atoms with van der Waals surface area (Å²) in [7, 11) is -1.99. The normalized spacial score (nSPS) is 12.2. The molecule has 0 amide bonds. The van der Waals surface area contributed by atoms with Crippen LogP contribution >= 0.6 is 0 Å². The summed E-state index contributed by atoms with van der Waals surface area (Å²) in [4.78, 5) is 0. The zero-order valence-corrected chi connectivity index (χ0v) is 12.3. The summed E-state index contributed by atoms with van der Waals surface area (Å²) in [5.74, 6) is -0.00724. The van der Waals surface area contributed by atoms with Crippen LogP contribution in [0.15, 0.2) is 18.2 Å². The average Bonchev–Trinajstić information content (AvgIpc) is 2.41. The summed E-state index contributed by atoms with van der Waals surface area (Å²) in [6, 6.07) is 4.62. The third-order valence-electron chi connectivity index (χ3n) is 3.61. The van der Waals surface area contributed by atoms with Crippen LogP contribution in [0.3, 0.4) is 0 Å². The van der Waals surface area contributed by atoms with Crippen LogP contribution in [0.2, 0.25) is 0 Å². The lowest BCUT2D eigenvalue weighted by atomic mass is 9.92. The molecule has 1 rings (SSSR count). The number of hydrogen-bond donors (Lipinski definition) is 2. The topological polar surface area (TPSA) is 49.7 Å². The SMILES string of the molecule is CCCCC(CC)CCc1ccc(OB(O)O)c(F)c1. The smallest absolute Gasteiger partial charge is 0.510 e. The minimum absolute atomic E-state index is 0.137. The second-order valence-corrected chi connectivity index (χ2v) is 5.16. The van der Waals surface area contributed by atoms with Gasteiger partial charge in [0.25, 0.3) is 0 Å². The standard InChI is InChI=1S/C15H24BFO3/c1-3-5-6-12(4-2)7-8-13-9-10-15(14(17)11-13)20-16(18)19/h9-12,18-19H,3-8H2,1-2H3. The van der Waals surface area contributed by atoms with E-state index < -0.39 is 13.1 Å². The van der Waals surface area contributed by atoms with Gasteiger partial charge in [-0.3, -0.25) is 0 Å². The summed E-state index contributed by atoms with van der Waals surface area (Å²) < 4.78 is 18.2. The van der Waals surface area contributed by atoms with E-state index in [4.69, 9.17) is 10.0 Å². The van der Waals surface area contributed by atoms with Gasteiger partial charge in [0.1, 0.15) is 5.75 Å². The summed E-state index contributed by atoms with van der Waals surface area (Å²) in [6.07, 6.45) is 6.72. The summed E-state index contributed by atoms with van der Waals surface area (Å²) in [6.45, 7) is 4.39. The molecule has 1 atom stereocenters. The lowest BCUT2D eigenvalue weighted by Gasteiger charge is -2.14. The molecule has 20 heavy (non-hydrogen) atoms. The van der Waals surface area contributed by atoms with E-state index in [-0.39, 0.29) is 5.75 Å². The molecule has 0 radical (unpaired) electrons. The fraction of sp³-hybridized carbons (Fsp3) is 0.600. The number of unbranched alkanes of at least 4 members (excludes halogenated alkanes) is 1. The van der Waals surface area contributed by atoms with Gasteiger partial charge in [0.15, 0.2) is 5.82 Å². The van der Waals surface area contributed by atoms with Crippen LogP contribution in [0.1, 0.15) is 51.5 Å². The van der Waals surface area contributed by atoms with Gasteiger partial charge in [-0.15, -0.1) is 0 Å². The predicted octanol–water partition coefficient (Wildman–Crippen LogP) is 3.32. The molecule has 112 valence electrons. The Bertz CT molecular complexity index is 399. The highest BCUT2D eigenvalue weighted by Crippen LogP contribution is 2.23. The molecule has 5 heteroatoms. The largest absolute Gasteiger partial charge is 0.707 e. The Balaban J connectivity index is 2.53. The second-order valence-electron chi connectivity index (χ2n) is 5.16. The first kappa shape index (κ1) is 17.0. The summed E-state index contributed by atoms with van der Waals surface area (Å²) in [5, 5.41) is 17.3. The number of rotatable bonds is 9. The molecule has 0 spiro atoms. The molecule has 1 unspecified atom stereocenters. The zero-order chi connectivity index (χ0) is 15.0. The highest BCUT2D eigenvalue weighted by atomic mass is 19.1. The van der Waals surface area contributed by atoms with Crippen molar-refractivity contribution in [2.75, 3.05) is 0 Å². The lowest BCUT2D eigenvalue weighted by Crippen LogP contribution is -2.21. The van der Waals surface area contributed by atoms with E-state index in [1.807, 2.05) is 0 Å². The van der Waals surface area contributed by atoms with Crippen LogP contribution in [0.25, 0.3) is 0 Å². The minimum atomic E-state index is -1.99. The van der Waals surface area contributed by atoms with Crippen LogP contribution < -0.4 is 4.65 Å². The molecular weight excluding hydrogens is 258 g/mol. The van der Waals surface area contributed by atoms with Crippen molar-refractivity contribution < 1.29 is 19.1 Å². The summed E-state index contributed by atoms with van der Waals surface area (Å²) >= 11 is 0. The molecule has 0 aliphatic carbocycles. The van der Waals surface area contributed by atoms with E-state index in [1.165, 1.54) is 31.4 Å². The van der Waals surface area contributed by atoms with Crippen LogP contribution in [0.4, 0.5) is 4.39 Å². The van der Waals surface area contributed by atoms with Crippen molar-refractivity contribution in [3.05, 3.63) is 29.6 Å². The first-order chi connectivity index (χ1) is 9.56. The van der Waals surface area contributed by atoms with E-state index in [1.54, 1.807) is 6.07 Å². The van der Waals surface area contributed by atoms with Gasteiger partial charge in [0, 0.05) is 0 Å².